The summed E-state index contributed by atoms with van der Waals surface area (Å²) in [6, 6.07) is 1.29. The highest BCUT2D eigenvalue weighted by Gasteiger charge is 2.41. The van der Waals surface area contributed by atoms with Crippen LogP contribution in [-0.2, 0) is 0 Å². The predicted molar refractivity (Wildman–Crippen MR) is 68.9 cm³/mol. The van der Waals surface area contributed by atoms with Gasteiger partial charge in [0.15, 0.2) is 5.49 Å². The zero-order valence-corrected chi connectivity index (χ0v) is 10.8. The number of aromatic amines is 1. The topological polar surface area (TPSA) is 111 Å². The first kappa shape index (κ1) is 13.1. The normalized spacial score (nSPS) is 33.9. The van der Waals surface area contributed by atoms with Gasteiger partial charge in [-0.1, -0.05) is 11.2 Å². The Bertz CT molecular complexity index is 660. The summed E-state index contributed by atoms with van der Waals surface area (Å²) < 4.78 is 1.50. The van der Waals surface area contributed by atoms with Gasteiger partial charge in [0.1, 0.15) is 0 Å². The maximum Gasteiger partial charge on any atom is 0.327 e. The average molecular weight is 279 g/mol. The van der Waals surface area contributed by atoms with Crippen LogP contribution in [0.15, 0.2) is 33.9 Å². The number of fused-ring (bicyclic) bond motifs is 1. The van der Waals surface area contributed by atoms with Crippen molar-refractivity contribution >= 4 is 0 Å². The van der Waals surface area contributed by atoms with Crippen LogP contribution in [0.2, 0.25) is 0 Å². The lowest BCUT2D eigenvalue weighted by molar-refractivity contribution is 0.0844. The van der Waals surface area contributed by atoms with E-state index in [1.807, 2.05) is 6.08 Å². The number of rotatable bonds is 1. The Labute approximate surface area is 114 Å². The fourth-order valence-corrected chi connectivity index (χ4v) is 3.25. The van der Waals surface area contributed by atoms with Crippen LogP contribution in [0.25, 0.3) is 0 Å². The number of hydrogen-bond acceptors (Lipinski definition) is 5. The van der Waals surface area contributed by atoms with Crippen molar-refractivity contribution in [2.75, 3.05) is 0 Å². The van der Waals surface area contributed by atoms with Crippen LogP contribution in [0.3, 0.4) is 0 Å². The number of hydrogen-bond donors (Lipinski definition) is 4. The summed E-state index contributed by atoms with van der Waals surface area (Å²) in [5, 5.41) is 31.4. The van der Waals surface area contributed by atoms with Gasteiger partial charge in [0.05, 0.1) is 18.2 Å². The highest BCUT2D eigenvalue weighted by molar-refractivity contribution is 5.24. The molecule has 2 aliphatic rings. The van der Waals surface area contributed by atoms with Crippen molar-refractivity contribution in [1.82, 2.24) is 9.55 Å². The molecule has 1 fully saturated rings. The number of nitrogens with zero attached hydrogens (tertiary/aromatic N) is 2. The van der Waals surface area contributed by atoms with E-state index in [-0.39, 0.29) is 23.1 Å². The lowest BCUT2D eigenvalue weighted by Gasteiger charge is -2.26. The molecule has 108 valence electrons. The minimum atomic E-state index is -0.546. The molecule has 7 nitrogen and oxygen atoms in total. The van der Waals surface area contributed by atoms with Gasteiger partial charge in [-0.15, -0.1) is 0 Å². The Morgan fingerprint density at radius 1 is 1.35 bits per heavy atom. The Morgan fingerprint density at radius 3 is 2.85 bits per heavy atom. The van der Waals surface area contributed by atoms with Crippen molar-refractivity contribution in [2.24, 2.45) is 11.1 Å². The summed E-state index contributed by atoms with van der Waals surface area (Å²) in [4.78, 5) is 14.5. The number of H-pyrrole nitrogens is 1. The van der Waals surface area contributed by atoms with E-state index in [2.05, 4.69) is 10.1 Å². The molecular weight excluding hydrogens is 262 g/mol. The monoisotopic (exact) mass is 279 g/mol. The number of aliphatic hydroxyl groups excluding tert-OH is 2. The van der Waals surface area contributed by atoms with Gasteiger partial charge in [0, 0.05) is 18.2 Å². The van der Waals surface area contributed by atoms with E-state index >= 15 is 0 Å². The second-order valence-corrected chi connectivity index (χ2v) is 5.39. The summed E-state index contributed by atoms with van der Waals surface area (Å²) in [7, 11) is 0. The van der Waals surface area contributed by atoms with Crippen molar-refractivity contribution in [3.8, 4) is 0 Å². The highest BCUT2D eigenvalue weighted by atomic mass is 16.4. The van der Waals surface area contributed by atoms with Gasteiger partial charge >= 0.3 is 5.69 Å². The summed E-state index contributed by atoms with van der Waals surface area (Å²) >= 11 is 0. The molecule has 1 aromatic heterocycles. The molecule has 0 amide bonds. The molecular formula is C13H17N3O4. The molecule has 4 N–H and O–H groups in total. The third-order valence-corrected chi connectivity index (χ3v) is 4.20. The zero-order chi connectivity index (χ0) is 14.3. The van der Waals surface area contributed by atoms with Crippen LogP contribution in [0.5, 0.6) is 0 Å². The summed E-state index contributed by atoms with van der Waals surface area (Å²) in [5.74, 6) is -0.0853. The second kappa shape index (κ2) is 4.92. The van der Waals surface area contributed by atoms with Gasteiger partial charge in [-0.05, 0) is 24.8 Å². The Balaban J connectivity index is 2.01. The van der Waals surface area contributed by atoms with Gasteiger partial charge in [0.2, 0.25) is 0 Å². The molecule has 0 unspecified atom stereocenters. The minimum absolute atomic E-state index is 0.0853. The molecule has 20 heavy (non-hydrogen) atoms. The quantitative estimate of drug-likeness (QED) is 0.314. The van der Waals surface area contributed by atoms with Crippen molar-refractivity contribution in [2.45, 2.75) is 37.5 Å². The van der Waals surface area contributed by atoms with Crippen LogP contribution < -0.4 is 11.2 Å². The van der Waals surface area contributed by atoms with Crippen molar-refractivity contribution in [3.63, 3.8) is 0 Å². The fourth-order valence-electron chi connectivity index (χ4n) is 3.25. The molecule has 0 saturated heterocycles. The zero-order valence-electron chi connectivity index (χ0n) is 10.8. The average Bonchev–Trinajstić information content (AvgIpc) is 2.75. The van der Waals surface area contributed by atoms with Gasteiger partial charge in [-0.3, -0.25) is 9.55 Å². The molecule has 0 bridgehead atoms. The lowest BCUT2D eigenvalue weighted by atomic mass is 9.86. The molecule has 0 radical (unpaired) electrons. The van der Waals surface area contributed by atoms with Gasteiger partial charge in [-0.25, -0.2) is 4.79 Å². The van der Waals surface area contributed by atoms with E-state index in [1.165, 1.54) is 10.6 Å². The number of aliphatic hydroxyl groups is 2. The smallest absolute Gasteiger partial charge is 0.327 e. The van der Waals surface area contributed by atoms with Crippen LogP contribution >= 0.6 is 0 Å². The number of aromatic nitrogens is 2. The minimum Gasteiger partial charge on any atom is -0.409 e. The van der Waals surface area contributed by atoms with Gasteiger partial charge in [-0.2, -0.15) is 0 Å². The third kappa shape index (κ3) is 2.08. The van der Waals surface area contributed by atoms with Gasteiger partial charge in [0.25, 0.3) is 0 Å². The molecule has 0 spiro atoms. The highest BCUT2D eigenvalue weighted by Crippen LogP contribution is 2.44. The number of nitrogens with one attached hydrogen (secondary N) is 1. The first-order valence-corrected chi connectivity index (χ1v) is 6.65. The fraction of sp³-hybridized carbons (Fsp3) is 0.538. The van der Waals surface area contributed by atoms with Crippen LogP contribution in [0.1, 0.15) is 25.3 Å². The molecule has 0 aliphatic heterocycles. The largest absolute Gasteiger partial charge is 0.409 e. The third-order valence-electron chi connectivity index (χ3n) is 4.20. The summed E-state index contributed by atoms with van der Waals surface area (Å²) in [5.41, 5.74) is 0.714. The molecule has 7 heteroatoms. The SMILES string of the molecule is O=c1[nH]/c(=N\O)ccn1[C@H]1C[C@H](O)[C@H]2C[C@@H](O)CC=C21. The summed E-state index contributed by atoms with van der Waals surface area (Å²) in [6.45, 7) is 0. The second-order valence-electron chi connectivity index (χ2n) is 5.39. The van der Waals surface area contributed by atoms with Crippen LogP contribution in [-0.4, -0.2) is 37.2 Å². The van der Waals surface area contributed by atoms with E-state index in [4.69, 9.17) is 5.21 Å². The van der Waals surface area contributed by atoms with E-state index in [0.717, 1.165) is 5.57 Å². The first-order valence-electron chi connectivity index (χ1n) is 6.65. The van der Waals surface area contributed by atoms with E-state index in [0.29, 0.717) is 19.3 Å². The molecule has 0 aromatic carbocycles. The van der Waals surface area contributed by atoms with Crippen molar-refractivity contribution in [3.05, 3.63) is 39.9 Å². The van der Waals surface area contributed by atoms with Crippen molar-refractivity contribution in [1.29, 1.82) is 0 Å². The lowest BCUT2D eigenvalue weighted by Crippen LogP contribution is -2.32. The van der Waals surface area contributed by atoms with E-state index in [9.17, 15) is 15.0 Å². The standard InChI is InChI=1S/C13H17N3O4/c17-7-1-2-8-9(5-7)11(18)6-10(8)16-4-3-12(15-20)14-13(16)19/h2-4,7,9-11,17-18,20H,1,5-6H2,(H,14,15,19)/t7-,9-,10-,11-/m0/s1. The molecule has 4 atom stereocenters. The van der Waals surface area contributed by atoms with E-state index in [1.54, 1.807) is 6.20 Å². The maximum atomic E-state index is 12.0. The first-order chi connectivity index (χ1) is 9.60. The molecule has 1 heterocycles. The Morgan fingerprint density at radius 2 is 2.15 bits per heavy atom. The summed E-state index contributed by atoms with van der Waals surface area (Å²) in [6.07, 6.45) is 4.05. The van der Waals surface area contributed by atoms with E-state index < -0.39 is 12.2 Å². The van der Waals surface area contributed by atoms with Crippen LogP contribution in [0, 0.1) is 5.92 Å². The van der Waals surface area contributed by atoms with Crippen molar-refractivity contribution < 1.29 is 15.4 Å². The molecule has 1 saturated carbocycles. The molecule has 2 aliphatic carbocycles. The van der Waals surface area contributed by atoms with Crippen LogP contribution in [0.4, 0.5) is 0 Å². The predicted octanol–water partition coefficient (Wildman–Crippen LogP) is -0.531. The molecule has 1 aromatic rings. The van der Waals surface area contributed by atoms with Gasteiger partial charge < -0.3 is 15.4 Å². The Kier molecular flexibility index (Phi) is 3.23. The molecule has 3 rings (SSSR count). The maximum absolute atomic E-state index is 12.0. The Hall–Kier alpha value is -1.86.